The molecule has 0 N–H and O–H groups in total. The van der Waals surface area contributed by atoms with Crippen LogP contribution < -0.4 is 0 Å². The second kappa shape index (κ2) is 5.81. The van der Waals surface area contributed by atoms with Crippen LogP contribution in [0.4, 0.5) is 4.39 Å². The molecule has 0 unspecified atom stereocenters. The zero-order valence-corrected chi connectivity index (χ0v) is 10.9. The molecule has 0 atom stereocenters. The molecule has 100 valence electrons. The van der Waals surface area contributed by atoms with Gasteiger partial charge in [0.25, 0.3) is 0 Å². The summed E-state index contributed by atoms with van der Waals surface area (Å²) in [6.07, 6.45) is 0.925. The molecular formula is C14H16FN3O. The number of carbonyl (C=O) groups is 1. The smallest absolute Gasteiger partial charge is 0.236 e. The van der Waals surface area contributed by atoms with E-state index >= 15 is 0 Å². The Labute approximate surface area is 112 Å². The van der Waals surface area contributed by atoms with E-state index in [1.54, 1.807) is 24.1 Å². The fourth-order valence-electron chi connectivity index (χ4n) is 2.20. The Hall–Kier alpha value is -1.93. The van der Waals surface area contributed by atoms with Crippen LogP contribution in [0.15, 0.2) is 18.2 Å². The average molecular weight is 261 g/mol. The third-order valence-corrected chi connectivity index (χ3v) is 3.31. The Morgan fingerprint density at radius 1 is 1.42 bits per heavy atom. The lowest BCUT2D eigenvalue weighted by molar-refractivity contribution is -0.129. The summed E-state index contributed by atoms with van der Waals surface area (Å²) in [4.78, 5) is 15.5. The van der Waals surface area contributed by atoms with E-state index in [0.717, 1.165) is 25.1 Å². The first-order chi connectivity index (χ1) is 9.10. The van der Waals surface area contributed by atoms with Crippen molar-refractivity contribution in [3.05, 3.63) is 35.1 Å². The van der Waals surface area contributed by atoms with Gasteiger partial charge in [-0.25, -0.2) is 4.39 Å². The highest BCUT2D eigenvalue weighted by Crippen LogP contribution is 2.13. The number of halogens is 1. The molecule has 1 saturated heterocycles. The molecule has 1 amide bonds. The van der Waals surface area contributed by atoms with Gasteiger partial charge in [0.2, 0.25) is 5.91 Å². The van der Waals surface area contributed by atoms with Gasteiger partial charge in [-0.15, -0.1) is 0 Å². The number of benzene rings is 1. The van der Waals surface area contributed by atoms with Crippen molar-refractivity contribution < 1.29 is 9.18 Å². The van der Waals surface area contributed by atoms with E-state index in [9.17, 15) is 9.18 Å². The lowest BCUT2D eigenvalue weighted by Gasteiger charge is -2.19. The summed E-state index contributed by atoms with van der Waals surface area (Å²) < 4.78 is 13.2. The first-order valence-electron chi connectivity index (χ1n) is 6.25. The zero-order valence-electron chi connectivity index (χ0n) is 10.9. The number of hydrogen-bond acceptors (Lipinski definition) is 3. The van der Waals surface area contributed by atoms with Gasteiger partial charge < -0.3 is 4.90 Å². The van der Waals surface area contributed by atoms with Crippen molar-refractivity contribution in [2.75, 3.05) is 26.7 Å². The lowest BCUT2D eigenvalue weighted by atomic mass is 10.1. The fraction of sp³-hybridized carbons (Fsp3) is 0.429. The van der Waals surface area contributed by atoms with E-state index < -0.39 is 5.82 Å². The molecule has 0 aromatic heterocycles. The molecule has 1 fully saturated rings. The molecule has 1 aromatic carbocycles. The number of nitrogens with zero attached hydrogens (tertiary/aromatic N) is 3. The van der Waals surface area contributed by atoms with Crippen LogP contribution >= 0.6 is 0 Å². The van der Waals surface area contributed by atoms with Crippen LogP contribution in [0.3, 0.4) is 0 Å². The molecule has 0 bridgehead atoms. The Balaban J connectivity index is 2.08. The highest BCUT2D eigenvalue weighted by molar-refractivity contribution is 5.78. The summed E-state index contributed by atoms with van der Waals surface area (Å²) in [5.74, 6) is -0.405. The fourth-order valence-corrected chi connectivity index (χ4v) is 2.20. The maximum Gasteiger partial charge on any atom is 0.236 e. The van der Waals surface area contributed by atoms with Crippen LogP contribution in [0.1, 0.15) is 17.5 Å². The topological polar surface area (TPSA) is 47.3 Å². The minimum atomic E-state index is -0.502. The summed E-state index contributed by atoms with van der Waals surface area (Å²) in [7, 11) is 1.80. The Morgan fingerprint density at radius 2 is 2.21 bits per heavy atom. The summed E-state index contributed by atoms with van der Waals surface area (Å²) in [5.41, 5.74) is 0.908. The van der Waals surface area contributed by atoms with Gasteiger partial charge in [-0.2, -0.15) is 5.26 Å². The van der Waals surface area contributed by atoms with Crippen LogP contribution in [0.25, 0.3) is 0 Å². The van der Waals surface area contributed by atoms with Crippen LogP contribution in [0.5, 0.6) is 0 Å². The van der Waals surface area contributed by atoms with Gasteiger partial charge in [-0.3, -0.25) is 9.69 Å². The molecule has 0 spiro atoms. The number of rotatable bonds is 2. The average Bonchev–Trinajstić information content (AvgIpc) is 2.54. The monoisotopic (exact) mass is 261 g/mol. The van der Waals surface area contributed by atoms with Crippen molar-refractivity contribution >= 4 is 5.91 Å². The van der Waals surface area contributed by atoms with E-state index in [0.29, 0.717) is 13.1 Å². The second-order valence-corrected chi connectivity index (χ2v) is 4.81. The van der Waals surface area contributed by atoms with Gasteiger partial charge in [-0.1, -0.05) is 6.07 Å². The first-order valence-corrected chi connectivity index (χ1v) is 6.25. The SMILES string of the molecule is CN1CCCN(Cc2ccc(F)c(C#N)c2)CC1=O. The maximum absolute atomic E-state index is 13.2. The quantitative estimate of drug-likeness (QED) is 0.807. The number of carbonyl (C=O) groups excluding carboxylic acids is 1. The Bertz CT molecular complexity index is 524. The summed E-state index contributed by atoms with van der Waals surface area (Å²) in [6.45, 7) is 2.53. The first kappa shape index (κ1) is 13.5. The van der Waals surface area contributed by atoms with Crippen molar-refractivity contribution in [2.24, 2.45) is 0 Å². The lowest BCUT2D eigenvalue weighted by Crippen LogP contribution is -2.34. The van der Waals surface area contributed by atoms with Crippen LogP contribution in [-0.4, -0.2) is 42.4 Å². The van der Waals surface area contributed by atoms with E-state index in [1.165, 1.54) is 6.07 Å². The predicted octanol–water partition coefficient (Wildman–Crippen LogP) is 1.36. The van der Waals surface area contributed by atoms with Gasteiger partial charge in [0.15, 0.2) is 0 Å². The van der Waals surface area contributed by atoms with E-state index in [1.807, 2.05) is 11.0 Å². The molecule has 1 heterocycles. The molecule has 2 rings (SSSR count). The second-order valence-electron chi connectivity index (χ2n) is 4.81. The van der Waals surface area contributed by atoms with E-state index in [2.05, 4.69) is 0 Å². The zero-order chi connectivity index (χ0) is 13.8. The van der Waals surface area contributed by atoms with Crippen molar-refractivity contribution in [2.45, 2.75) is 13.0 Å². The third kappa shape index (κ3) is 3.30. The molecule has 0 aliphatic carbocycles. The molecule has 4 nitrogen and oxygen atoms in total. The third-order valence-electron chi connectivity index (χ3n) is 3.31. The number of nitriles is 1. The Kier molecular flexibility index (Phi) is 4.13. The van der Waals surface area contributed by atoms with Gasteiger partial charge in [0.1, 0.15) is 11.9 Å². The normalized spacial score (nSPS) is 17.1. The van der Waals surface area contributed by atoms with Crippen molar-refractivity contribution in [1.82, 2.24) is 9.80 Å². The maximum atomic E-state index is 13.2. The molecule has 19 heavy (non-hydrogen) atoms. The highest BCUT2D eigenvalue weighted by atomic mass is 19.1. The van der Waals surface area contributed by atoms with Crippen molar-refractivity contribution in [3.8, 4) is 6.07 Å². The molecule has 0 saturated carbocycles. The largest absolute Gasteiger partial charge is 0.345 e. The van der Waals surface area contributed by atoms with Gasteiger partial charge in [-0.05, 0) is 24.1 Å². The highest BCUT2D eigenvalue weighted by Gasteiger charge is 2.19. The molecule has 1 aromatic rings. The standard InChI is InChI=1S/C14H16FN3O/c1-17-5-2-6-18(10-14(17)19)9-11-3-4-13(15)12(7-11)8-16/h3-4,7H,2,5-6,9-10H2,1H3. The summed E-state index contributed by atoms with van der Waals surface area (Å²) in [5, 5.41) is 8.81. The minimum absolute atomic E-state index is 0.0516. The molecule has 1 aliphatic heterocycles. The number of hydrogen-bond donors (Lipinski definition) is 0. The van der Waals surface area contributed by atoms with Crippen molar-refractivity contribution in [1.29, 1.82) is 5.26 Å². The van der Waals surface area contributed by atoms with Gasteiger partial charge >= 0.3 is 0 Å². The molecule has 1 aliphatic rings. The van der Waals surface area contributed by atoms with E-state index in [-0.39, 0.29) is 11.5 Å². The molecule has 5 heteroatoms. The van der Waals surface area contributed by atoms with Crippen LogP contribution in [0.2, 0.25) is 0 Å². The number of likely N-dealkylation sites (N-methyl/N-ethyl adjacent to an activating group) is 1. The van der Waals surface area contributed by atoms with Gasteiger partial charge in [0, 0.05) is 26.7 Å². The van der Waals surface area contributed by atoms with Crippen LogP contribution in [0, 0.1) is 17.1 Å². The minimum Gasteiger partial charge on any atom is -0.345 e. The molecule has 0 radical (unpaired) electrons. The van der Waals surface area contributed by atoms with Crippen LogP contribution in [-0.2, 0) is 11.3 Å². The summed E-state index contributed by atoms with van der Waals surface area (Å²) >= 11 is 0. The van der Waals surface area contributed by atoms with Crippen molar-refractivity contribution in [3.63, 3.8) is 0 Å². The summed E-state index contributed by atoms with van der Waals surface area (Å²) in [6, 6.07) is 6.35. The predicted molar refractivity (Wildman–Crippen MR) is 68.6 cm³/mol. The Morgan fingerprint density at radius 3 is 2.95 bits per heavy atom. The van der Waals surface area contributed by atoms with E-state index in [4.69, 9.17) is 5.26 Å². The number of amides is 1. The van der Waals surface area contributed by atoms with Gasteiger partial charge in [0.05, 0.1) is 12.1 Å². The molecular weight excluding hydrogens is 245 g/mol.